The van der Waals surface area contributed by atoms with E-state index in [1.165, 1.54) is 5.56 Å². The molecule has 2 aromatic carbocycles. The number of hydrogen-bond acceptors (Lipinski definition) is 3. The molecule has 0 bridgehead atoms. The van der Waals surface area contributed by atoms with Gasteiger partial charge in [-0.3, -0.25) is 4.79 Å². The third-order valence-electron chi connectivity index (χ3n) is 3.20. The van der Waals surface area contributed by atoms with Crippen molar-refractivity contribution in [2.24, 2.45) is 0 Å². The second kappa shape index (κ2) is 7.96. The van der Waals surface area contributed by atoms with Crippen molar-refractivity contribution in [3.8, 4) is 5.75 Å². The minimum atomic E-state index is -0.240. The fourth-order valence-corrected chi connectivity index (χ4v) is 2.39. The van der Waals surface area contributed by atoms with Gasteiger partial charge in [0.2, 0.25) is 0 Å². The normalized spacial score (nSPS) is 10.3. The Labute approximate surface area is 138 Å². The molecule has 0 unspecified atom stereocenters. The Kier molecular flexibility index (Phi) is 5.98. The maximum atomic E-state index is 11.9. The van der Waals surface area contributed by atoms with E-state index < -0.39 is 0 Å². The molecule has 5 heteroatoms. The first-order valence-electron chi connectivity index (χ1n) is 7.03. The number of aliphatic hydroxyl groups is 1. The third-order valence-corrected chi connectivity index (χ3v) is 3.69. The number of halogens is 1. The van der Waals surface area contributed by atoms with Crippen LogP contribution in [0.15, 0.2) is 46.9 Å². The molecule has 0 fully saturated rings. The molecule has 0 aliphatic heterocycles. The van der Waals surface area contributed by atoms with Crippen LogP contribution in [0.3, 0.4) is 0 Å². The summed E-state index contributed by atoms with van der Waals surface area (Å²) in [6, 6.07) is 13.0. The van der Waals surface area contributed by atoms with E-state index in [2.05, 4.69) is 28.2 Å². The Morgan fingerprint density at radius 3 is 2.59 bits per heavy atom. The third kappa shape index (κ3) is 4.58. The molecule has 0 aliphatic rings. The monoisotopic (exact) mass is 363 g/mol. The lowest BCUT2D eigenvalue weighted by Gasteiger charge is -2.11. The van der Waals surface area contributed by atoms with E-state index in [1.54, 1.807) is 18.2 Å². The molecule has 2 aromatic rings. The molecule has 0 aliphatic carbocycles. The maximum absolute atomic E-state index is 11.9. The van der Waals surface area contributed by atoms with Crippen LogP contribution in [-0.4, -0.2) is 17.6 Å². The van der Waals surface area contributed by atoms with Gasteiger partial charge in [-0.05, 0) is 42.3 Å². The van der Waals surface area contributed by atoms with Gasteiger partial charge in [-0.25, -0.2) is 0 Å². The SMILES string of the molecule is CCc1ccc(NC(=O)COc2ccc(Br)cc2CO)cc1. The number of anilines is 1. The Hall–Kier alpha value is -1.85. The molecule has 0 heterocycles. The molecule has 116 valence electrons. The Morgan fingerprint density at radius 1 is 1.23 bits per heavy atom. The van der Waals surface area contributed by atoms with E-state index in [4.69, 9.17) is 4.74 Å². The van der Waals surface area contributed by atoms with Crippen molar-refractivity contribution in [3.05, 3.63) is 58.1 Å². The topological polar surface area (TPSA) is 58.6 Å². The van der Waals surface area contributed by atoms with Gasteiger partial charge in [0.1, 0.15) is 5.75 Å². The molecule has 4 nitrogen and oxygen atoms in total. The lowest BCUT2D eigenvalue weighted by Crippen LogP contribution is -2.20. The Balaban J connectivity index is 1.92. The summed E-state index contributed by atoms with van der Waals surface area (Å²) in [5, 5.41) is 12.1. The summed E-state index contributed by atoms with van der Waals surface area (Å²) >= 11 is 3.33. The van der Waals surface area contributed by atoms with Crippen molar-refractivity contribution in [3.63, 3.8) is 0 Å². The summed E-state index contributed by atoms with van der Waals surface area (Å²) in [6.45, 7) is 1.83. The Morgan fingerprint density at radius 2 is 1.95 bits per heavy atom. The zero-order valence-electron chi connectivity index (χ0n) is 12.3. The number of carbonyl (C=O) groups excluding carboxylic acids is 1. The number of hydrogen-bond donors (Lipinski definition) is 2. The fraction of sp³-hybridized carbons (Fsp3) is 0.235. The highest BCUT2D eigenvalue weighted by molar-refractivity contribution is 9.10. The number of amides is 1. The van der Waals surface area contributed by atoms with Gasteiger partial charge in [-0.1, -0.05) is 35.0 Å². The van der Waals surface area contributed by atoms with E-state index in [1.807, 2.05) is 24.3 Å². The number of benzene rings is 2. The van der Waals surface area contributed by atoms with Gasteiger partial charge in [0.05, 0.1) is 6.61 Å². The van der Waals surface area contributed by atoms with Gasteiger partial charge in [-0.15, -0.1) is 0 Å². The lowest BCUT2D eigenvalue weighted by molar-refractivity contribution is -0.118. The predicted molar refractivity (Wildman–Crippen MR) is 90.0 cm³/mol. The van der Waals surface area contributed by atoms with Crippen LogP contribution in [-0.2, 0) is 17.8 Å². The summed E-state index contributed by atoms with van der Waals surface area (Å²) in [5.41, 5.74) is 2.59. The largest absolute Gasteiger partial charge is 0.483 e. The van der Waals surface area contributed by atoms with Gasteiger partial charge in [0.25, 0.3) is 5.91 Å². The van der Waals surface area contributed by atoms with Crippen molar-refractivity contribution in [1.82, 2.24) is 0 Å². The lowest BCUT2D eigenvalue weighted by atomic mass is 10.1. The fourth-order valence-electron chi connectivity index (χ4n) is 1.98. The van der Waals surface area contributed by atoms with Crippen molar-refractivity contribution in [1.29, 1.82) is 0 Å². The van der Waals surface area contributed by atoms with E-state index in [0.29, 0.717) is 11.3 Å². The van der Waals surface area contributed by atoms with Crippen LogP contribution < -0.4 is 10.1 Å². The van der Waals surface area contributed by atoms with Crippen LogP contribution in [0.5, 0.6) is 5.75 Å². The smallest absolute Gasteiger partial charge is 0.262 e. The molecule has 22 heavy (non-hydrogen) atoms. The zero-order valence-corrected chi connectivity index (χ0v) is 13.9. The highest BCUT2D eigenvalue weighted by atomic mass is 79.9. The van der Waals surface area contributed by atoms with Crippen molar-refractivity contribution in [2.45, 2.75) is 20.0 Å². The number of rotatable bonds is 6. The van der Waals surface area contributed by atoms with Crippen molar-refractivity contribution in [2.75, 3.05) is 11.9 Å². The van der Waals surface area contributed by atoms with Crippen LogP contribution in [0.25, 0.3) is 0 Å². The molecule has 2 rings (SSSR count). The summed E-state index contributed by atoms with van der Waals surface area (Å²) in [4.78, 5) is 11.9. The summed E-state index contributed by atoms with van der Waals surface area (Å²) in [6.07, 6.45) is 0.963. The maximum Gasteiger partial charge on any atom is 0.262 e. The number of ether oxygens (including phenoxy) is 1. The molecule has 0 saturated carbocycles. The number of aryl methyl sites for hydroxylation is 1. The second-order valence-corrected chi connectivity index (χ2v) is 5.71. The molecule has 0 radical (unpaired) electrons. The minimum Gasteiger partial charge on any atom is -0.483 e. The summed E-state index contributed by atoms with van der Waals surface area (Å²) in [5.74, 6) is 0.262. The van der Waals surface area contributed by atoms with Crippen LogP contribution in [0.1, 0.15) is 18.1 Å². The number of carbonyl (C=O) groups is 1. The first-order valence-corrected chi connectivity index (χ1v) is 7.82. The highest BCUT2D eigenvalue weighted by Gasteiger charge is 2.07. The Bertz CT molecular complexity index is 641. The number of nitrogens with one attached hydrogen (secondary N) is 1. The highest BCUT2D eigenvalue weighted by Crippen LogP contribution is 2.23. The average Bonchev–Trinajstić information content (AvgIpc) is 2.54. The van der Waals surface area contributed by atoms with Crippen LogP contribution in [0, 0.1) is 0 Å². The van der Waals surface area contributed by atoms with Crippen LogP contribution >= 0.6 is 15.9 Å². The van der Waals surface area contributed by atoms with E-state index in [-0.39, 0.29) is 19.1 Å². The van der Waals surface area contributed by atoms with Gasteiger partial charge < -0.3 is 15.2 Å². The molecule has 0 aromatic heterocycles. The molecule has 2 N–H and O–H groups in total. The van der Waals surface area contributed by atoms with Crippen molar-refractivity contribution >= 4 is 27.5 Å². The van der Waals surface area contributed by atoms with Gasteiger partial charge in [0.15, 0.2) is 6.61 Å². The molecular formula is C17H18BrNO3. The van der Waals surface area contributed by atoms with Crippen LogP contribution in [0.4, 0.5) is 5.69 Å². The quantitative estimate of drug-likeness (QED) is 0.825. The summed E-state index contributed by atoms with van der Waals surface area (Å²) < 4.78 is 6.32. The van der Waals surface area contributed by atoms with E-state index in [0.717, 1.165) is 16.6 Å². The number of aliphatic hydroxyl groups excluding tert-OH is 1. The predicted octanol–water partition coefficient (Wildman–Crippen LogP) is 3.52. The average molecular weight is 364 g/mol. The molecule has 0 saturated heterocycles. The van der Waals surface area contributed by atoms with E-state index >= 15 is 0 Å². The van der Waals surface area contributed by atoms with Gasteiger partial charge in [-0.2, -0.15) is 0 Å². The van der Waals surface area contributed by atoms with Crippen LogP contribution in [0.2, 0.25) is 0 Å². The molecule has 0 atom stereocenters. The second-order valence-electron chi connectivity index (χ2n) is 4.80. The van der Waals surface area contributed by atoms with Crippen molar-refractivity contribution < 1.29 is 14.6 Å². The first kappa shape index (κ1) is 16.5. The van der Waals surface area contributed by atoms with Gasteiger partial charge >= 0.3 is 0 Å². The van der Waals surface area contributed by atoms with E-state index in [9.17, 15) is 9.90 Å². The molecular weight excluding hydrogens is 346 g/mol. The minimum absolute atomic E-state index is 0.107. The zero-order chi connectivity index (χ0) is 15.9. The van der Waals surface area contributed by atoms with Gasteiger partial charge in [0, 0.05) is 15.7 Å². The summed E-state index contributed by atoms with van der Waals surface area (Å²) in [7, 11) is 0. The first-order chi connectivity index (χ1) is 10.6. The molecule has 1 amide bonds. The standard InChI is InChI=1S/C17H18BrNO3/c1-2-12-3-6-15(7-4-12)19-17(21)11-22-16-8-5-14(18)9-13(16)10-20/h3-9,20H,2,10-11H2,1H3,(H,19,21). The molecule has 0 spiro atoms.